The molecule has 1 saturated heterocycles. The zero-order chi connectivity index (χ0) is 11.8. The van der Waals surface area contributed by atoms with E-state index in [0.717, 1.165) is 22.9 Å². The molecule has 1 aliphatic carbocycles. The Morgan fingerprint density at radius 3 is 2.59 bits per heavy atom. The molecule has 2 aliphatic rings. The normalized spacial score (nSPS) is 28.5. The van der Waals surface area contributed by atoms with Crippen molar-refractivity contribution in [3.63, 3.8) is 0 Å². The van der Waals surface area contributed by atoms with Crippen molar-refractivity contribution in [3.8, 4) is 5.75 Å². The highest BCUT2D eigenvalue weighted by molar-refractivity contribution is 9.10. The van der Waals surface area contributed by atoms with Gasteiger partial charge in [0, 0.05) is 19.6 Å². The van der Waals surface area contributed by atoms with Gasteiger partial charge in [-0.1, -0.05) is 12.5 Å². The van der Waals surface area contributed by atoms with Gasteiger partial charge in [0.05, 0.1) is 4.47 Å². The fraction of sp³-hybridized carbons (Fsp3) is 0.571. The Morgan fingerprint density at radius 2 is 1.94 bits per heavy atom. The Kier molecular flexibility index (Phi) is 3.14. The molecule has 2 fully saturated rings. The van der Waals surface area contributed by atoms with Crippen molar-refractivity contribution < 1.29 is 5.11 Å². The smallest absolute Gasteiger partial charge is 0.129 e. The molecule has 1 N–H and O–H groups in total. The minimum atomic E-state index is 0.326. The first-order valence-corrected chi connectivity index (χ1v) is 7.21. The second-order valence-corrected chi connectivity index (χ2v) is 6.29. The summed E-state index contributed by atoms with van der Waals surface area (Å²) >= 11 is 3.38. The average molecular weight is 296 g/mol. The third-order valence-electron chi connectivity index (χ3n) is 4.22. The monoisotopic (exact) mass is 295 g/mol. The molecular formula is C14H18BrNO. The van der Waals surface area contributed by atoms with Crippen LogP contribution in [0.4, 0.5) is 0 Å². The second kappa shape index (κ2) is 4.62. The van der Waals surface area contributed by atoms with Gasteiger partial charge < -0.3 is 5.11 Å². The van der Waals surface area contributed by atoms with E-state index in [1.54, 1.807) is 6.07 Å². The van der Waals surface area contributed by atoms with Gasteiger partial charge in [-0.15, -0.1) is 0 Å². The van der Waals surface area contributed by atoms with E-state index in [0.29, 0.717) is 5.75 Å². The van der Waals surface area contributed by atoms with Crippen molar-refractivity contribution in [1.29, 1.82) is 0 Å². The minimum Gasteiger partial charge on any atom is -0.507 e. The number of likely N-dealkylation sites (tertiary alicyclic amines) is 1. The number of fused-ring (bicyclic) bond motifs is 1. The van der Waals surface area contributed by atoms with Gasteiger partial charge >= 0.3 is 0 Å². The van der Waals surface area contributed by atoms with Crippen LogP contribution in [0.2, 0.25) is 0 Å². The summed E-state index contributed by atoms with van der Waals surface area (Å²) in [6, 6.07) is 5.83. The van der Waals surface area contributed by atoms with E-state index in [1.165, 1.54) is 37.9 Å². The summed E-state index contributed by atoms with van der Waals surface area (Å²) in [7, 11) is 0. The quantitative estimate of drug-likeness (QED) is 0.904. The van der Waals surface area contributed by atoms with Gasteiger partial charge in [-0.2, -0.15) is 0 Å². The van der Waals surface area contributed by atoms with Crippen LogP contribution < -0.4 is 0 Å². The molecule has 3 rings (SSSR count). The van der Waals surface area contributed by atoms with Crippen LogP contribution in [-0.2, 0) is 6.54 Å². The van der Waals surface area contributed by atoms with E-state index in [-0.39, 0.29) is 0 Å². The Labute approximate surface area is 111 Å². The van der Waals surface area contributed by atoms with Crippen LogP contribution in [0.5, 0.6) is 5.75 Å². The predicted molar refractivity (Wildman–Crippen MR) is 71.9 cm³/mol. The van der Waals surface area contributed by atoms with E-state index in [9.17, 15) is 5.11 Å². The summed E-state index contributed by atoms with van der Waals surface area (Å²) in [5, 5.41) is 9.48. The molecule has 0 spiro atoms. The van der Waals surface area contributed by atoms with Crippen LogP contribution in [0.3, 0.4) is 0 Å². The highest BCUT2D eigenvalue weighted by Gasteiger charge is 2.35. The maximum Gasteiger partial charge on any atom is 0.129 e. The third-order valence-corrected chi connectivity index (χ3v) is 4.86. The minimum absolute atomic E-state index is 0.326. The van der Waals surface area contributed by atoms with Gasteiger partial charge in [0.25, 0.3) is 0 Å². The second-order valence-electron chi connectivity index (χ2n) is 5.43. The molecule has 2 atom stereocenters. The molecule has 1 aromatic carbocycles. The van der Waals surface area contributed by atoms with Crippen molar-refractivity contribution in [3.05, 3.63) is 28.2 Å². The SMILES string of the molecule is Oc1ccc(CN2CC3CCCC3C2)cc1Br. The maximum absolute atomic E-state index is 9.48. The van der Waals surface area contributed by atoms with Crippen molar-refractivity contribution in [1.82, 2.24) is 4.90 Å². The first-order valence-electron chi connectivity index (χ1n) is 6.42. The summed E-state index contributed by atoms with van der Waals surface area (Å²) < 4.78 is 0.800. The number of hydrogen-bond acceptors (Lipinski definition) is 2. The van der Waals surface area contributed by atoms with Crippen LogP contribution >= 0.6 is 15.9 Å². The van der Waals surface area contributed by atoms with Crippen LogP contribution in [-0.4, -0.2) is 23.1 Å². The molecule has 1 saturated carbocycles. The lowest BCUT2D eigenvalue weighted by Gasteiger charge is -2.17. The fourth-order valence-corrected chi connectivity index (χ4v) is 3.79. The summed E-state index contributed by atoms with van der Waals surface area (Å²) in [5.74, 6) is 2.23. The van der Waals surface area contributed by atoms with E-state index < -0.39 is 0 Å². The Balaban J connectivity index is 1.65. The topological polar surface area (TPSA) is 23.5 Å². The fourth-order valence-electron chi connectivity index (χ4n) is 3.37. The largest absolute Gasteiger partial charge is 0.507 e. The molecule has 1 aliphatic heterocycles. The zero-order valence-corrected chi connectivity index (χ0v) is 11.5. The molecule has 3 heteroatoms. The molecule has 2 nitrogen and oxygen atoms in total. The number of aromatic hydroxyl groups is 1. The third kappa shape index (κ3) is 2.36. The van der Waals surface area contributed by atoms with Gasteiger partial charge in [0.2, 0.25) is 0 Å². The zero-order valence-electron chi connectivity index (χ0n) is 9.90. The standard InChI is InChI=1S/C14H18BrNO/c15-13-6-10(4-5-14(13)17)7-16-8-11-2-1-3-12(11)9-16/h4-6,11-12,17H,1-3,7-9H2. The molecule has 1 heterocycles. The number of halogens is 1. The molecule has 2 unspecified atom stereocenters. The van der Waals surface area contributed by atoms with E-state index in [2.05, 4.69) is 20.8 Å². The number of rotatable bonds is 2. The highest BCUT2D eigenvalue weighted by atomic mass is 79.9. The molecular weight excluding hydrogens is 278 g/mol. The number of benzene rings is 1. The molecule has 0 bridgehead atoms. The molecule has 17 heavy (non-hydrogen) atoms. The molecule has 0 amide bonds. The van der Waals surface area contributed by atoms with Crippen LogP contribution in [0.15, 0.2) is 22.7 Å². The van der Waals surface area contributed by atoms with Gasteiger partial charge in [-0.25, -0.2) is 0 Å². The highest BCUT2D eigenvalue weighted by Crippen LogP contribution is 2.38. The number of nitrogens with zero attached hydrogens (tertiary/aromatic N) is 1. The van der Waals surface area contributed by atoms with Gasteiger partial charge in [0.1, 0.15) is 5.75 Å². The summed E-state index contributed by atoms with van der Waals surface area (Å²) in [5.41, 5.74) is 1.29. The Hall–Kier alpha value is -0.540. The molecule has 1 aromatic rings. The van der Waals surface area contributed by atoms with E-state index >= 15 is 0 Å². The van der Waals surface area contributed by atoms with Crippen molar-refractivity contribution in [2.24, 2.45) is 11.8 Å². The number of phenolic OH excluding ortho intramolecular Hbond substituents is 1. The Morgan fingerprint density at radius 1 is 1.24 bits per heavy atom. The number of phenols is 1. The molecule has 0 aromatic heterocycles. The lowest BCUT2D eigenvalue weighted by Crippen LogP contribution is -2.21. The van der Waals surface area contributed by atoms with Crippen molar-refractivity contribution in [2.75, 3.05) is 13.1 Å². The van der Waals surface area contributed by atoms with Gasteiger partial charge in [-0.05, 0) is 58.3 Å². The first-order chi connectivity index (χ1) is 8.22. The summed E-state index contributed by atoms with van der Waals surface area (Å²) in [6.45, 7) is 3.55. The van der Waals surface area contributed by atoms with Crippen LogP contribution in [0, 0.1) is 11.8 Å². The number of hydrogen-bond donors (Lipinski definition) is 1. The maximum atomic E-state index is 9.48. The Bertz CT molecular complexity index is 409. The van der Waals surface area contributed by atoms with Gasteiger partial charge in [-0.3, -0.25) is 4.90 Å². The first kappa shape index (κ1) is 11.5. The van der Waals surface area contributed by atoms with Crippen LogP contribution in [0.1, 0.15) is 24.8 Å². The van der Waals surface area contributed by atoms with E-state index in [1.807, 2.05) is 12.1 Å². The lowest BCUT2D eigenvalue weighted by molar-refractivity contribution is 0.303. The predicted octanol–water partition coefficient (Wildman–Crippen LogP) is 3.39. The summed E-state index contributed by atoms with van der Waals surface area (Å²) in [6.07, 6.45) is 4.30. The van der Waals surface area contributed by atoms with Gasteiger partial charge in [0.15, 0.2) is 0 Å². The van der Waals surface area contributed by atoms with E-state index in [4.69, 9.17) is 0 Å². The molecule has 0 radical (unpaired) electrons. The lowest BCUT2D eigenvalue weighted by atomic mass is 10.0. The van der Waals surface area contributed by atoms with Crippen LogP contribution in [0.25, 0.3) is 0 Å². The van der Waals surface area contributed by atoms with Crippen molar-refractivity contribution >= 4 is 15.9 Å². The average Bonchev–Trinajstić information content (AvgIpc) is 2.84. The summed E-state index contributed by atoms with van der Waals surface area (Å²) in [4.78, 5) is 2.56. The van der Waals surface area contributed by atoms with Crippen molar-refractivity contribution in [2.45, 2.75) is 25.8 Å². The molecule has 92 valence electrons.